The molecular weight excluding hydrogens is 174 g/mol. The molecule has 0 aliphatic heterocycles. The second-order valence-corrected chi connectivity index (χ2v) is 2.94. The molecule has 0 saturated carbocycles. The van der Waals surface area contributed by atoms with Gasteiger partial charge in [0.25, 0.3) is 0 Å². The molecule has 0 bridgehead atoms. The third kappa shape index (κ3) is 2.25. The minimum atomic E-state index is -1.04. The van der Waals surface area contributed by atoms with E-state index >= 15 is 0 Å². The third-order valence-corrected chi connectivity index (χ3v) is 1.90. The summed E-state index contributed by atoms with van der Waals surface area (Å²) in [7, 11) is 0. The zero-order chi connectivity index (χ0) is 9.84. The van der Waals surface area contributed by atoms with Crippen molar-refractivity contribution >= 4 is 0 Å². The molecule has 0 saturated heterocycles. The summed E-state index contributed by atoms with van der Waals surface area (Å²) in [6.45, 7) is 1.85. The molecule has 1 nitrogen and oxygen atoms in total. The van der Waals surface area contributed by atoms with Gasteiger partial charge in [-0.15, -0.1) is 0 Å². The molecule has 13 heavy (non-hydrogen) atoms. The lowest BCUT2D eigenvalue weighted by Crippen LogP contribution is -2.03. The minimum absolute atomic E-state index is 0.218. The molecule has 0 aliphatic rings. The third-order valence-electron chi connectivity index (χ3n) is 1.90. The predicted octanol–water partition coefficient (Wildman–Crippen LogP) is 2.80. The van der Waals surface area contributed by atoms with Crippen molar-refractivity contribution in [2.45, 2.75) is 25.9 Å². The van der Waals surface area contributed by atoms with Gasteiger partial charge in [0, 0.05) is 0 Å². The van der Waals surface area contributed by atoms with Gasteiger partial charge in [0.05, 0.1) is 11.7 Å². The summed E-state index contributed by atoms with van der Waals surface area (Å²) in [4.78, 5) is 0. The lowest BCUT2D eigenvalue weighted by Gasteiger charge is -2.11. The highest BCUT2D eigenvalue weighted by Crippen LogP contribution is 2.23. The number of rotatable bonds is 3. The van der Waals surface area contributed by atoms with E-state index in [4.69, 9.17) is 0 Å². The van der Waals surface area contributed by atoms with E-state index in [0.717, 1.165) is 12.1 Å². The van der Waals surface area contributed by atoms with Crippen molar-refractivity contribution in [3.63, 3.8) is 0 Å². The van der Waals surface area contributed by atoms with Crippen LogP contribution >= 0.6 is 0 Å². The molecule has 3 heteroatoms. The topological polar surface area (TPSA) is 20.2 Å². The van der Waals surface area contributed by atoms with Gasteiger partial charge in [-0.1, -0.05) is 19.4 Å². The molecule has 1 atom stereocenters. The van der Waals surface area contributed by atoms with Crippen LogP contribution in [0, 0.1) is 11.6 Å². The van der Waals surface area contributed by atoms with Crippen LogP contribution in [0.1, 0.15) is 31.4 Å². The van der Waals surface area contributed by atoms with Crippen LogP contribution in [0.2, 0.25) is 0 Å². The summed E-state index contributed by atoms with van der Waals surface area (Å²) < 4.78 is 26.0. The van der Waals surface area contributed by atoms with E-state index in [1.807, 2.05) is 6.92 Å². The van der Waals surface area contributed by atoms with Gasteiger partial charge < -0.3 is 5.11 Å². The van der Waals surface area contributed by atoms with Gasteiger partial charge in [-0.2, -0.15) is 0 Å². The number of benzene rings is 1. The Labute approximate surface area is 76.0 Å². The highest BCUT2D eigenvalue weighted by atomic mass is 19.1. The fourth-order valence-electron chi connectivity index (χ4n) is 1.25. The average Bonchev–Trinajstić information content (AvgIpc) is 2.04. The van der Waals surface area contributed by atoms with Gasteiger partial charge in [0.2, 0.25) is 0 Å². The Morgan fingerprint density at radius 2 is 1.85 bits per heavy atom. The molecule has 0 unspecified atom stereocenters. The Morgan fingerprint density at radius 1 is 1.31 bits per heavy atom. The smallest absolute Gasteiger partial charge is 0.131 e. The van der Waals surface area contributed by atoms with Crippen molar-refractivity contribution in [2.75, 3.05) is 0 Å². The Kier molecular flexibility index (Phi) is 3.37. The predicted molar refractivity (Wildman–Crippen MR) is 46.2 cm³/mol. The van der Waals surface area contributed by atoms with Gasteiger partial charge in [0.15, 0.2) is 0 Å². The van der Waals surface area contributed by atoms with E-state index in [1.54, 1.807) is 0 Å². The second-order valence-electron chi connectivity index (χ2n) is 2.94. The van der Waals surface area contributed by atoms with Gasteiger partial charge >= 0.3 is 0 Å². The van der Waals surface area contributed by atoms with Crippen LogP contribution in [-0.4, -0.2) is 5.11 Å². The van der Waals surface area contributed by atoms with Gasteiger partial charge in [-0.3, -0.25) is 0 Å². The highest BCUT2D eigenvalue weighted by Gasteiger charge is 2.16. The van der Waals surface area contributed by atoms with Crippen LogP contribution in [0.25, 0.3) is 0 Å². The van der Waals surface area contributed by atoms with E-state index in [9.17, 15) is 13.9 Å². The summed E-state index contributed by atoms with van der Waals surface area (Å²) in [6.07, 6.45) is 0.0264. The van der Waals surface area contributed by atoms with Crippen LogP contribution in [-0.2, 0) is 0 Å². The average molecular weight is 186 g/mol. The Hall–Kier alpha value is -0.960. The zero-order valence-electron chi connectivity index (χ0n) is 7.43. The van der Waals surface area contributed by atoms with E-state index in [2.05, 4.69) is 0 Å². The summed E-state index contributed by atoms with van der Waals surface area (Å²) in [5.74, 6) is -1.36. The van der Waals surface area contributed by atoms with Gasteiger partial charge in [-0.05, 0) is 18.6 Å². The van der Waals surface area contributed by atoms with Crippen molar-refractivity contribution in [1.82, 2.24) is 0 Å². The highest BCUT2D eigenvalue weighted by molar-refractivity contribution is 5.21. The molecule has 0 fully saturated rings. The van der Waals surface area contributed by atoms with Crippen molar-refractivity contribution < 1.29 is 13.9 Å². The first-order chi connectivity index (χ1) is 6.16. The molecule has 1 aromatic carbocycles. The lowest BCUT2D eigenvalue weighted by atomic mass is 10.0. The summed E-state index contributed by atoms with van der Waals surface area (Å²) in [5.41, 5.74) is -0.218. The van der Waals surface area contributed by atoms with Gasteiger partial charge in [-0.25, -0.2) is 8.78 Å². The van der Waals surface area contributed by atoms with Crippen molar-refractivity contribution in [3.05, 3.63) is 35.4 Å². The molecule has 0 spiro atoms. The SMILES string of the molecule is CCC[C@H](O)c1c(F)cccc1F. The Balaban J connectivity index is 2.98. The Morgan fingerprint density at radius 3 is 2.31 bits per heavy atom. The van der Waals surface area contributed by atoms with E-state index in [-0.39, 0.29) is 5.56 Å². The maximum Gasteiger partial charge on any atom is 0.131 e. The number of aliphatic hydroxyl groups excluding tert-OH is 1. The van der Waals surface area contributed by atoms with Crippen LogP contribution in [0.4, 0.5) is 8.78 Å². The quantitative estimate of drug-likeness (QED) is 0.769. The van der Waals surface area contributed by atoms with Crippen molar-refractivity contribution in [1.29, 1.82) is 0 Å². The lowest BCUT2D eigenvalue weighted by molar-refractivity contribution is 0.157. The molecule has 1 rings (SSSR count). The molecule has 0 aromatic heterocycles. The fourth-order valence-corrected chi connectivity index (χ4v) is 1.25. The number of aliphatic hydroxyl groups is 1. The first kappa shape index (κ1) is 10.1. The van der Waals surface area contributed by atoms with Crippen LogP contribution in [0.5, 0.6) is 0 Å². The normalized spacial score (nSPS) is 12.9. The molecule has 0 radical (unpaired) electrons. The zero-order valence-corrected chi connectivity index (χ0v) is 7.43. The minimum Gasteiger partial charge on any atom is -0.388 e. The summed E-state index contributed by atoms with van der Waals surface area (Å²) >= 11 is 0. The number of halogens is 2. The standard InChI is InChI=1S/C10H12F2O/c1-2-4-9(13)10-7(11)5-3-6-8(10)12/h3,5-6,9,13H,2,4H2,1H3/t9-/m0/s1. The number of hydrogen-bond donors (Lipinski definition) is 1. The maximum absolute atomic E-state index is 13.0. The van der Waals surface area contributed by atoms with E-state index < -0.39 is 17.7 Å². The van der Waals surface area contributed by atoms with Crippen LogP contribution in [0.15, 0.2) is 18.2 Å². The molecular formula is C10H12F2O. The molecule has 0 aliphatic carbocycles. The first-order valence-corrected chi connectivity index (χ1v) is 4.28. The van der Waals surface area contributed by atoms with E-state index in [1.165, 1.54) is 6.07 Å². The summed E-state index contributed by atoms with van der Waals surface area (Å²) in [6, 6.07) is 3.58. The van der Waals surface area contributed by atoms with Crippen LogP contribution in [0.3, 0.4) is 0 Å². The van der Waals surface area contributed by atoms with Crippen molar-refractivity contribution in [3.8, 4) is 0 Å². The number of hydrogen-bond acceptors (Lipinski definition) is 1. The fraction of sp³-hybridized carbons (Fsp3) is 0.400. The van der Waals surface area contributed by atoms with Crippen molar-refractivity contribution in [2.24, 2.45) is 0 Å². The molecule has 1 N–H and O–H groups in total. The molecule has 0 heterocycles. The first-order valence-electron chi connectivity index (χ1n) is 4.28. The maximum atomic E-state index is 13.0. The largest absolute Gasteiger partial charge is 0.388 e. The van der Waals surface area contributed by atoms with Crippen LogP contribution < -0.4 is 0 Å². The van der Waals surface area contributed by atoms with E-state index in [0.29, 0.717) is 12.8 Å². The molecule has 72 valence electrons. The molecule has 0 amide bonds. The molecule has 1 aromatic rings. The summed E-state index contributed by atoms with van der Waals surface area (Å²) in [5, 5.41) is 9.40. The van der Waals surface area contributed by atoms with Gasteiger partial charge in [0.1, 0.15) is 11.6 Å². The Bertz CT molecular complexity index is 266. The monoisotopic (exact) mass is 186 g/mol. The second kappa shape index (κ2) is 4.33.